The molecule has 31 heavy (non-hydrogen) atoms. The zero-order chi connectivity index (χ0) is 21.8. The third kappa shape index (κ3) is 4.81. The number of methoxy groups -OCH3 is 1. The van der Waals surface area contributed by atoms with E-state index in [9.17, 15) is 9.59 Å². The molecule has 6 heteroatoms. The number of aromatic nitrogens is 1. The maximum atomic E-state index is 12.6. The lowest BCUT2D eigenvalue weighted by Crippen LogP contribution is -2.14. The smallest absolute Gasteiger partial charge is 0.337 e. The second kappa shape index (κ2) is 9.10. The molecule has 0 aliphatic carbocycles. The van der Waals surface area contributed by atoms with Crippen molar-refractivity contribution in [3.8, 4) is 0 Å². The Balaban J connectivity index is 1.47. The number of carbonyl (C=O) groups is 2. The number of hydrogen-bond acceptors (Lipinski definition) is 5. The number of esters is 1. The van der Waals surface area contributed by atoms with Gasteiger partial charge in [-0.3, -0.25) is 4.79 Å². The molecule has 0 saturated carbocycles. The van der Waals surface area contributed by atoms with Gasteiger partial charge >= 0.3 is 5.97 Å². The maximum Gasteiger partial charge on any atom is 0.337 e. The Kier molecular flexibility index (Phi) is 6.09. The van der Waals surface area contributed by atoms with Gasteiger partial charge < -0.3 is 10.1 Å². The van der Waals surface area contributed by atoms with Crippen LogP contribution in [0.5, 0.6) is 0 Å². The number of nitrogens with one attached hydrogen (secondary N) is 1. The van der Waals surface area contributed by atoms with Gasteiger partial charge in [0.25, 0.3) is 0 Å². The van der Waals surface area contributed by atoms with Crippen LogP contribution in [0.15, 0.2) is 66.7 Å². The topological polar surface area (TPSA) is 68.3 Å². The molecule has 0 spiro atoms. The SMILES string of the molecule is COC(=O)c1cccc(NC(=O)Cc2sc(Cc3cccc4ccccc34)nc2C)c1. The van der Waals surface area contributed by atoms with Crippen LogP contribution in [-0.4, -0.2) is 24.0 Å². The molecule has 0 aliphatic rings. The summed E-state index contributed by atoms with van der Waals surface area (Å²) in [4.78, 5) is 29.9. The minimum Gasteiger partial charge on any atom is -0.465 e. The first-order valence-electron chi connectivity index (χ1n) is 9.93. The van der Waals surface area contributed by atoms with Gasteiger partial charge in [0.2, 0.25) is 5.91 Å². The van der Waals surface area contributed by atoms with Crippen molar-refractivity contribution < 1.29 is 14.3 Å². The number of amides is 1. The fraction of sp³-hybridized carbons (Fsp3) is 0.160. The van der Waals surface area contributed by atoms with E-state index in [1.807, 2.05) is 19.1 Å². The van der Waals surface area contributed by atoms with E-state index in [1.54, 1.807) is 35.6 Å². The van der Waals surface area contributed by atoms with Gasteiger partial charge in [-0.2, -0.15) is 0 Å². The minimum atomic E-state index is -0.438. The van der Waals surface area contributed by atoms with Gasteiger partial charge in [0, 0.05) is 17.0 Å². The molecule has 0 aliphatic heterocycles. The summed E-state index contributed by atoms with van der Waals surface area (Å²) in [6.45, 7) is 1.93. The third-order valence-electron chi connectivity index (χ3n) is 5.05. The Labute approximate surface area is 184 Å². The molecule has 0 unspecified atom stereocenters. The van der Waals surface area contributed by atoms with Crippen LogP contribution in [0.1, 0.15) is 31.5 Å². The second-order valence-electron chi connectivity index (χ2n) is 7.23. The predicted molar refractivity (Wildman–Crippen MR) is 124 cm³/mol. The Morgan fingerprint density at radius 1 is 1.03 bits per heavy atom. The third-order valence-corrected chi connectivity index (χ3v) is 6.20. The Bertz CT molecular complexity index is 1260. The molecule has 0 atom stereocenters. The standard InChI is InChI=1S/C25H22N2O3S/c1-16-22(15-23(28)27-20-11-6-10-19(13-20)25(29)30-2)31-24(26-16)14-18-9-5-8-17-7-3-4-12-21(17)18/h3-13H,14-15H2,1-2H3,(H,27,28). The fourth-order valence-electron chi connectivity index (χ4n) is 3.53. The summed E-state index contributed by atoms with van der Waals surface area (Å²) >= 11 is 1.57. The molecule has 3 aromatic carbocycles. The van der Waals surface area contributed by atoms with Crippen LogP contribution in [0.2, 0.25) is 0 Å². The molecule has 5 nitrogen and oxygen atoms in total. The Morgan fingerprint density at radius 3 is 2.65 bits per heavy atom. The van der Waals surface area contributed by atoms with Gasteiger partial charge in [0.15, 0.2) is 0 Å². The molecule has 0 bridgehead atoms. The van der Waals surface area contributed by atoms with Gasteiger partial charge in [-0.05, 0) is 41.5 Å². The highest BCUT2D eigenvalue weighted by atomic mass is 32.1. The van der Waals surface area contributed by atoms with E-state index in [0.29, 0.717) is 11.3 Å². The number of anilines is 1. The van der Waals surface area contributed by atoms with Crippen molar-refractivity contribution >= 4 is 39.7 Å². The van der Waals surface area contributed by atoms with Crippen molar-refractivity contribution in [1.29, 1.82) is 0 Å². The van der Waals surface area contributed by atoms with Gasteiger partial charge in [-0.1, -0.05) is 48.5 Å². The highest BCUT2D eigenvalue weighted by Gasteiger charge is 2.14. The molecule has 4 rings (SSSR count). The molecule has 1 heterocycles. The molecule has 0 saturated heterocycles. The first kappa shape index (κ1) is 20.8. The van der Waals surface area contributed by atoms with Crippen LogP contribution in [-0.2, 0) is 22.4 Å². The first-order chi connectivity index (χ1) is 15.0. The van der Waals surface area contributed by atoms with Crippen LogP contribution >= 0.6 is 11.3 Å². The van der Waals surface area contributed by atoms with Gasteiger partial charge in [0.1, 0.15) is 0 Å². The first-order valence-corrected chi connectivity index (χ1v) is 10.7. The minimum absolute atomic E-state index is 0.148. The van der Waals surface area contributed by atoms with Crippen LogP contribution in [0.4, 0.5) is 5.69 Å². The lowest BCUT2D eigenvalue weighted by molar-refractivity contribution is -0.115. The largest absolute Gasteiger partial charge is 0.465 e. The number of carbonyl (C=O) groups excluding carboxylic acids is 2. The van der Waals surface area contributed by atoms with Crippen LogP contribution in [0.25, 0.3) is 10.8 Å². The number of benzene rings is 3. The molecular weight excluding hydrogens is 408 g/mol. The van der Waals surface area contributed by atoms with Crippen molar-refractivity contribution in [2.75, 3.05) is 12.4 Å². The number of nitrogens with zero attached hydrogens (tertiary/aromatic N) is 1. The van der Waals surface area contributed by atoms with Crippen molar-refractivity contribution in [1.82, 2.24) is 4.98 Å². The number of hydrogen-bond donors (Lipinski definition) is 1. The monoisotopic (exact) mass is 430 g/mol. The Hall–Kier alpha value is -3.51. The highest BCUT2D eigenvalue weighted by Crippen LogP contribution is 2.26. The van der Waals surface area contributed by atoms with Crippen LogP contribution < -0.4 is 5.32 Å². The summed E-state index contributed by atoms with van der Waals surface area (Å²) in [5, 5.41) is 6.28. The molecule has 156 valence electrons. The molecule has 1 aromatic heterocycles. The zero-order valence-electron chi connectivity index (χ0n) is 17.3. The normalized spacial score (nSPS) is 10.8. The molecule has 0 radical (unpaired) electrons. The summed E-state index contributed by atoms with van der Waals surface area (Å²) in [7, 11) is 1.33. The number of thiazole rings is 1. The van der Waals surface area contributed by atoms with Gasteiger partial charge in [-0.15, -0.1) is 11.3 Å². The molecule has 0 fully saturated rings. The molecular formula is C25H22N2O3S. The number of ether oxygens (including phenoxy) is 1. The molecule has 4 aromatic rings. The maximum absolute atomic E-state index is 12.6. The van der Waals surface area contributed by atoms with Crippen molar-refractivity contribution in [2.45, 2.75) is 19.8 Å². The van der Waals surface area contributed by atoms with E-state index < -0.39 is 5.97 Å². The van der Waals surface area contributed by atoms with E-state index in [4.69, 9.17) is 9.72 Å². The predicted octanol–water partition coefficient (Wildman–Crippen LogP) is 5.16. The summed E-state index contributed by atoms with van der Waals surface area (Å²) in [6, 6.07) is 21.3. The summed E-state index contributed by atoms with van der Waals surface area (Å²) < 4.78 is 4.73. The second-order valence-corrected chi connectivity index (χ2v) is 8.40. The summed E-state index contributed by atoms with van der Waals surface area (Å²) in [5.74, 6) is -0.585. The van der Waals surface area contributed by atoms with Crippen molar-refractivity contribution in [3.63, 3.8) is 0 Å². The Morgan fingerprint density at radius 2 is 1.81 bits per heavy atom. The van der Waals surface area contributed by atoms with Crippen LogP contribution in [0.3, 0.4) is 0 Å². The van der Waals surface area contributed by atoms with E-state index >= 15 is 0 Å². The number of rotatable bonds is 6. The van der Waals surface area contributed by atoms with Gasteiger partial charge in [0.05, 0.1) is 29.8 Å². The average Bonchev–Trinajstić information content (AvgIpc) is 3.12. The lowest BCUT2D eigenvalue weighted by Gasteiger charge is -2.06. The summed E-state index contributed by atoms with van der Waals surface area (Å²) in [5.41, 5.74) is 3.05. The lowest BCUT2D eigenvalue weighted by atomic mass is 10.0. The van der Waals surface area contributed by atoms with Crippen molar-refractivity contribution in [3.05, 3.63) is 93.4 Å². The number of fused-ring (bicyclic) bond motifs is 1. The summed E-state index contributed by atoms with van der Waals surface area (Å²) in [6.07, 6.45) is 0.969. The van der Waals surface area contributed by atoms with Crippen molar-refractivity contribution in [2.24, 2.45) is 0 Å². The van der Waals surface area contributed by atoms with Crippen LogP contribution in [0, 0.1) is 6.92 Å². The number of aryl methyl sites for hydroxylation is 1. The average molecular weight is 431 g/mol. The van der Waals surface area contributed by atoms with E-state index in [-0.39, 0.29) is 12.3 Å². The van der Waals surface area contributed by atoms with E-state index in [1.165, 1.54) is 23.4 Å². The van der Waals surface area contributed by atoms with Gasteiger partial charge in [-0.25, -0.2) is 9.78 Å². The quantitative estimate of drug-likeness (QED) is 0.429. The highest BCUT2D eigenvalue weighted by molar-refractivity contribution is 7.11. The molecule has 1 amide bonds. The fourth-order valence-corrected chi connectivity index (χ4v) is 4.62. The van der Waals surface area contributed by atoms with E-state index in [0.717, 1.165) is 22.0 Å². The molecule has 1 N–H and O–H groups in total. The van der Waals surface area contributed by atoms with E-state index in [2.05, 4.69) is 35.6 Å². The zero-order valence-corrected chi connectivity index (χ0v) is 18.2.